The van der Waals surface area contributed by atoms with Crippen molar-refractivity contribution in [2.24, 2.45) is 0 Å². The van der Waals surface area contributed by atoms with Crippen molar-refractivity contribution in [1.82, 2.24) is 9.97 Å². The van der Waals surface area contributed by atoms with Gasteiger partial charge in [0.25, 0.3) is 0 Å². The maximum Gasteiger partial charge on any atom is 0.215 e. The molecule has 0 aliphatic heterocycles. The lowest BCUT2D eigenvalue weighted by atomic mass is 10.1. The largest absolute Gasteiger partial charge is 0.261 e. The van der Waals surface area contributed by atoms with E-state index in [0.717, 1.165) is 5.69 Å². The molecule has 0 fully saturated rings. The Hall–Kier alpha value is -1.84. The first-order chi connectivity index (χ1) is 7.24. The van der Waals surface area contributed by atoms with Gasteiger partial charge in [-0.2, -0.15) is 13.8 Å². The fraction of sp³-hybridized carbons (Fsp3) is 0.0909. The van der Waals surface area contributed by atoms with Gasteiger partial charge in [-0.15, -0.1) is 0 Å². The Bertz CT molecular complexity index is 437. The van der Waals surface area contributed by atoms with Gasteiger partial charge in [-0.05, 0) is 29.8 Å². The molecule has 2 aromatic heterocycles. The summed E-state index contributed by atoms with van der Waals surface area (Å²) in [4.78, 5) is 7.09. The quantitative estimate of drug-likeness (QED) is 0.705. The van der Waals surface area contributed by atoms with Crippen molar-refractivity contribution in [2.75, 3.05) is 0 Å². The third-order valence-electron chi connectivity index (χ3n) is 1.93. The fourth-order valence-electron chi connectivity index (χ4n) is 1.33. The minimum Gasteiger partial charge on any atom is -0.261 e. The summed E-state index contributed by atoms with van der Waals surface area (Å²) in [5, 5.41) is 0. The van der Waals surface area contributed by atoms with Gasteiger partial charge < -0.3 is 0 Å². The second-order valence-electron chi connectivity index (χ2n) is 3.12. The second-order valence-corrected chi connectivity index (χ2v) is 3.12. The normalized spacial score (nSPS) is 10.3. The Balaban J connectivity index is 2.25. The van der Waals surface area contributed by atoms with Gasteiger partial charge >= 0.3 is 0 Å². The van der Waals surface area contributed by atoms with E-state index in [1.54, 1.807) is 18.3 Å². The van der Waals surface area contributed by atoms with Crippen LogP contribution in [-0.4, -0.2) is 9.97 Å². The SMILES string of the molecule is Fc1cc(Cc2ccccn2)cc(F)n1. The molecule has 2 heterocycles. The van der Waals surface area contributed by atoms with Crippen LogP contribution < -0.4 is 0 Å². The average molecular weight is 206 g/mol. The third-order valence-corrected chi connectivity index (χ3v) is 1.93. The monoisotopic (exact) mass is 206 g/mol. The molecule has 0 atom stereocenters. The number of aromatic nitrogens is 2. The zero-order chi connectivity index (χ0) is 10.7. The molecule has 2 rings (SSSR count). The van der Waals surface area contributed by atoms with Crippen LogP contribution in [0.1, 0.15) is 11.3 Å². The molecule has 2 aromatic rings. The van der Waals surface area contributed by atoms with Gasteiger partial charge in [0.2, 0.25) is 11.9 Å². The number of nitrogens with zero attached hydrogens (tertiary/aromatic N) is 2. The second kappa shape index (κ2) is 4.13. The first kappa shape index (κ1) is 9.71. The molecule has 0 aliphatic carbocycles. The molecule has 0 aromatic carbocycles. The molecule has 0 saturated carbocycles. The summed E-state index contributed by atoms with van der Waals surface area (Å²) in [5.41, 5.74) is 1.29. The minimum atomic E-state index is -0.805. The highest BCUT2D eigenvalue weighted by atomic mass is 19.1. The van der Waals surface area contributed by atoms with Crippen molar-refractivity contribution in [2.45, 2.75) is 6.42 Å². The van der Waals surface area contributed by atoms with Crippen molar-refractivity contribution in [3.8, 4) is 0 Å². The van der Waals surface area contributed by atoms with Gasteiger partial charge in [0.1, 0.15) is 0 Å². The van der Waals surface area contributed by atoms with Gasteiger partial charge in [0, 0.05) is 18.3 Å². The van der Waals surface area contributed by atoms with Crippen molar-refractivity contribution in [1.29, 1.82) is 0 Å². The van der Waals surface area contributed by atoms with E-state index < -0.39 is 11.9 Å². The maximum atomic E-state index is 12.8. The highest BCUT2D eigenvalue weighted by Crippen LogP contribution is 2.09. The Morgan fingerprint density at radius 1 is 1.07 bits per heavy atom. The van der Waals surface area contributed by atoms with E-state index in [4.69, 9.17) is 0 Å². The van der Waals surface area contributed by atoms with Crippen LogP contribution in [0, 0.1) is 11.9 Å². The Morgan fingerprint density at radius 3 is 2.40 bits per heavy atom. The lowest BCUT2D eigenvalue weighted by Gasteiger charge is -2.00. The van der Waals surface area contributed by atoms with Crippen LogP contribution in [0.4, 0.5) is 8.78 Å². The molecule has 0 bridgehead atoms. The van der Waals surface area contributed by atoms with Crippen molar-refractivity contribution >= 4 is 0 Å². The van der Waals surface area contributed by atoms with Gasteiger partial charge in [-0.1, -0.05) is 6.07 Å². The van der Waals surface area contributed by atoms with Crippen LogP contribution in [0.3, 0.4) is 0 Å². The van der Waals surface area contributed by atoms with Gasteiger partial charge in [0.05, 0.1) is 0 Å². The molecule has 0 aliphatic rings. The Morgan fingerprint density at radius 2 is 1.80 bits per heavy atom. The Labute approximate surface area is 85.6 Å². The predicted molar refractivity (Wildman–Crippen MR) is 51.2 cm³/mol. The molecule has 0 spiro atoms. The first-order valence-corrected chi connectivity index (χ1v) is 4.46. The van der Waals surface area contributed by atoms with Crippen molar-refractivity contribution < 1.29 is 8.78 Å². The van der Waals surface area contributed by atoms with E-state index in [9.17, 15) is 8.78 Å². The summed E-state index contributed by atoms with van der Waals surface area (Å²) in [6.07, 6.45) is 2.04. The van der Waals surface area contributed by atoms with E-state index >= 15 is 0 Å². The van der Waals surface area contributed by atoms with E-state index in [1.807, 2.05) is 6.07 Å². The third kappa shape index (κ3) is 2.56. The van der Waals surface area contributed by atoms with Crippen LogP contribution >= 0.6 is 0 Å². The standard InChI is InChI=1S/C11H8F2N2/c12-10-6-8(7-11(13)15-10)5-9-3-1-2-4-14-9/h1-4,6-7H,5H2. The summed E-state index contributed by atoms with van der Waals surface area (Å²) in [7, 11) is 0. The zero-order valence-electron chi connectivity index (χ0n) is 7.82. The molecule has 2 nitrogen and oxygen atoms in total. The van der Waals surface area contributed by atoms with E-state index in [1.165, 1.54) is 12.1 Å². The van der Waals surface area contributed by atoms with Gasteiger partial charge in [-0.3, -0.25) is 4.98 Å². The Kier molecular flexibility index (Phi) is 2.67. The molecule has 0 amide bonds. The fourth-order valence-corrected chi connectivity index (χ4v) is 1.33. The number of pyridine rings is 2. The molecule has 0 saturated heterocycles. The first-order valence-electron chi connectivity index (χ1n) is 4.46. The van der Waals surface area contributed by atoms with Gasteiger partial charge in [0.15, 0.2) is 0 Å². The molecule has 4 heteroatoms. The highest BCUT2D eigenvalue weighted by molar-refractivity contribution is 5.19. The number of hydrogen-bond donors (Lipinski definition) is 0. The van der Waals surface area contributed by atoms with Crippen molar-refractivity contribution in [3.05, 3.63) is 59.7 Å². The molecular formula is C11H8F2N2. The van der Waals surface area contributed by atoms with E-state index in [-0.39, 0.29) is 0 Å². The minimum absolute atomic E-state index is 0.400. The predicted octanol–water partition coefficient (Wildman–Crippen LogP) is 2.35. The molecule has 15 heavy (non-hydrogen) atoms. The number of rotatable bonds is 2. The summed E-state index contributed by atoms with van der Waals surface area (Å²) in [6, 6.07) is 7.83. The molecule has 76 valence electrons. The van der Waals surface area contributed by atoms with Crippen molar-refractivity contribution in [3.63, 3.8) is 0 Å². The van der Waals surface area contributed by atoms with Crippen LogP contribution in [0.2, 0.25) is 0 Å². The molecular weight excluding hydrogens is 198 g/mol. The topological polar surface area (TPSA) is 25.8 Å². The number of halogens is 2. The number of hydrogen-bond acceptors (Lipinski definition) is 2. The lowest BCUT2D eigenvalue weighted by Crippen LogP contribution is -1.96. The lowest BCUT2D eigenvalue weighted by molar-refractivity contribution is 0.510. The van der Waals surface area contributed by atoms with Gasteiger partial charge in [-0.25, -0.2) is 0 Å². The smallest absolute Gasteiger partial charge is 0.215 e. The zero-order valence-corrected chi connectivity index (χ0v) is 7.82. The average Bonchev–Trinajstić information content (AvgIpc) is 2.17. The maximum absolute atomic E-state index is 12.8. The van der Waals surface area contributed by atoms with E-state index in [0.29, 0.717) is 12.0 Å². The van der Waals surface area contributed by atoms with E-state index in [2.05, 4.69) is 9.97 Å². The molecule has 0 N–H and O–H groups in total. The molecule has 0 radical (unpaired) electrons. The summed E-state index contributed by atoms with van der Waals surface area (Å²) in [6.45, 7) is 0. The summed E-state index contributed by atoms with van der Waals surface area (Å²) < 4.78 is 25.5. The van der Waals surface area contributed by atoms with Crippen LogP contribution in [0.5, 0.6) is 0 Å². The highest BCUT2D eigenvalue weighted by Gasteiger charge is 2.03. The summed E-state index contributed by atoms with van der Waals surface area (Å²) in [5.74, 6) is -1.61. The van der Waals surface area contributed by atoms with Crippen LogP contribution in [-0.2, 0) is 6.42 Å². The van der Waals surface area contributed by atoms with Crippen LogP contribution in [0.15, 0.2) is 36.5 Å². The molecule has 0 unspecified atom stereocenters. The van der Waals surface area contributed by atoms with Crippen LogP contribution in [0.25, 0.3) is 0 Å². The summed E-state index contributed by atoms with van der Waals surface area (Å²) >= 11 is 0.